The van der Waals surface area contributed by atoms with Gasteiger partial charge in [0.05, 0.1) is 6.61 Å². The highest BCUT2D eigenvalue weighted by Gasteiger charge is 2.34. The van der Waals surface area contributed by atoms with E-state index < -0.39 is 0 Å². The lowest BCUT2D eigenvalue weighted by Crippen LogP contribution is -2.43. The Morgan fingerprint density at radius 2 is 2.20 bits per heavy atom. The van der Waals surface area contributed by atoms with E-state index in [1.165, 1.54) is 12.8 Å². The molecule has 4 nitrogen and oxygen atoms in total. The van der Waals surface area contributed by atoms with Gasteiger partial charge in [0.2, 0.25) is 0 Å². The zero-order valence-corrected chi connectivity index (χ0v) is 9.37. The van der Waals surface area contributed by atoms with Crippen LogP contribution in [0.25, 0.3) is 0 Å². The topological polar surface area (TPSA) is 55.6 Å². The van der Waals surface area contributed by atoms with Crippen molar-refractivity contribution < 1.29 is 9.53 Å². The summed E-state index contributed by atoms with van der Waals surface area (Å²) in [5.41, 5.74) is 6.00. The highest BCUT2D eigenvalue weighted by molar-refractivity contribution is 5.82. The van der Waals surface area contributed by atoms with Crippen molar-refractivity contribution in [1.82, 2.24) is 4.90 Å². The van der Waals surface area contributed by atoms with Crippen LogP contribution in [0.2, 0.25) is 0 Å². The highest BCUT2D eigenvalue weighted by Crippen LogP contribution is 2.28. The van der Waals surface area contributed by atoms with E-state index >= 15 is 0 Å². The van der Waals surface area contributed by atoms with Gasteiger partial charge < -0.3 is 15.4 Å². The molecule has 1 amide bonds. The lowest BCUT2D eigenvalue weighted by atomic mass is 10.0. The van der Waals surface area contributed by atoms with Gasteiger partial charge in [-0.3, -0.25) is 4.79 Å². The lowest BCUT2D eigenvalue weighted by Gasteiger charge is -2.24. The monoisotopic (exact) mass is 212 g/mol. The molecule has 0 radical (unpaired) electrons. The van der Waals surface area contributed by atoms with E-state index in [2.05, 4.69) is 0 Å². The number of likely N-dealkylation sites (N-methyl/N-ethyl adjacent to an activating group) is 1. The van der Waals surface area contributed by atoms with Gasteiger partial charge in [-0.15, -0.1) is 0 Å². The van der Waals surface area contributed by atoms with Gasteiger partial charge in [0.25, 0.3) is 5.91 Å². The average molecular weight is 212 g/mol. The first-order valence-corrected chi connectivity index (χ1v) is 5.76. The van der Waals surface area contributed by atoms with Crippen LogP contribution >= 0.6 is 0 Å². The summed E-state index contributed by atoms with van der Waals surface area (Å²) in [6.45, 7) is 1.35. The maximum Gasteiger partial charge on any atom is 0.251 e. The first kappa shape index (κ1) is 10.9. The summed E-state index contributed by atoms with van der Waals surface area (Å²) in [6.07, 6.45) is 5.02. The number of likely N-dealkylation sites (tertiary alicyclic amines) is 1. The largest absolute Gasteiger partial charge is 0.366 e. The minimum absolute atomic E-state index is 0.108. The molecule has 1 saturated heterocycles. The number of hydrogen-bond acceptors (Lipinski definition) is 3. The van der Waals surface area contributed by atoms with E-state index in [0.717, 1.165) is 25.8 Å². The van der Waals surface area contributed by atoms with Gasteiger partial charge in [-0.05, 0) is 12.8 Å². The molecular formula is C11H20N2O2. The van der Waals surface area contributed by atoms with Crippen molar-refractivity contribution in [3.8, 4) is 0 Å². The summed E-state index contributed by atoms with van der Waals surface area (Å²) < 4.78 is 5.66. The molecule has 4 heteroatoms. The number of rotatable bonds is 3. The molecule has 15 heavy (non-hydrogen) atoms. The SMILES string of the molecule is CN1CCC(OCC2(N)CCCC2)C1=O. The van der Waals surface area contributed by atoms with E-state index in [-0.39, 0.29) is 17.6 Å². The van der Waals surface area contributed by atoms with Crippen LogP contribution in [0.5, 0.6) is 0 Å². The Hall–Kier alpha value is -0.610. The van der Waals surface area contributed by atoms with Crippen molar-refractivity contribution >= 4 is 5.91 Å². The van der Waals surface area contributed by atoms with Crippen LogP contribution in [0.15, 0.2) is 0 Å². The van der Waals surface area contributed by atoms with Crippen molar-refractivity contribution in [3.63, 3.8) is 0 Å². The molecule has 0 aromatic heterocycles. The molecule has 2 N–H and O–H groups in total. The Balaban J connectivity index is 1.80. The van der Waals surface area contributed by atoms with E-state index in [1.807, 2.05) is 7.05 Å². The highest BCUT2D eigenvalue weighted by atomic mass is 16.5. The van der Waals surface area contributed by atoms with Crippen LogP contribution in [0.1, 0.15) is 32.1 Å². The van der Waals surface area contributed by atoms with Crippen molar-refractivity contribution in [2.75, 3.05) is 20.2 Å². The zero-order valence-electron chi connectivity index (χ0n) is 9.37. The van der Waals surface area contributed by atoms with Crippen LogP contribution in [-0.4, -0.2) is 42.6 Å². The summed E-state index contributed by atoms with van der Waals surface area (Å²) in [5.74, 6) is 0.108. The summed E-state index contributed by atoms with van der Waals surface area (Å²) in [5, 5.41) is 0. The number of nitrogens with two attached hydrogens (primary N) is 1. The van der Waals surface area contributed by atoms with Crippen LogP contribution in [0, 0.1) is 0 Å². The molecule has 0 aromatic carbocycles. The van der Waals surface area contributed by atoms with Crippen LogP contribution in [-0.2, 0) is 9.53 Å². The number of carbonyl (C=O) groups excluding carboxylic acids is 1. The third-order valence-electron chi connectivity index (χ3n) is 3.55. The Labute approximate surface area is 90.8 Å². The number of amides is 1. The Bertz CT molecular complexity index is 249. The average Bonchev–Trinajstić information content (AvgIpc) is 2.75. The smallest absolute Gasteiger partial charge is 0.251 e. The van der Waals surface area contributed by atoms with Gasteiger partial charge in [0, 0.05) is 25.6 Å². The second-order valence-corrected chi connectivity index (χ2v) is 4.92. The third kappa shape index (κ3) is 2.32. The van der Waals surface area contributed by atoms with E-state index in [1.54, 1.807) is 4.90 Å². The first-order valence-electron chi connectivity index (χ1n) is 5.76. The first-order chi connectivity index (χ1) is 7.11. The maximum atomic E-state index is 11.6. The fourth-order valence-electron chi connectivity index (χ4n) is 2.44. The molecular weight excluding hydrogens is 192 g/mol. The van der Waals surface area contributed by atoms with Crippen molar-refractivity contribution in [3.05, 3.63) is 0 Å². The molecule has 2 fully saturated rings. The molecule has 86 valence electrons. The Morgan fingerprint density at radius 1 is 1.53 bits per heavy atom. The molecule has 2 aliphatic rings. The minimum atomic E-state index is -0.240. The zero-order chi connectivity index (χ0) is 10.9. The van der Waals surface area contributed by atoms with Gasteiger partial charge >= 0.3 is 0 Å². The van der Waals surface area contributed by atoms with Crippen molar-refractivity contribution in [2.45, 2.75) is 43.7 Å². The predicted molar refractivity (Wildman–Crippen MR) is 57.4 cm³/mol. The molecule has 1 heterocycles. The van der Waals surface area contributed by atoms with Crippen molar-refractivity contribution in [2.24, 2.45) is 5.73 Å². The van der Waals surface area contributed by atoms with Gasteiger partial charge in [-0.25, -0.2) is 0 Å². The fourth-order valence-corrected chi connectivity index (χ4v) is 2.44. The van der Waals surface area contributed by atoms with E-state index in [4.69, 9.17) is 10.5 Å². The second-order valence-electron chi connectivity index (χ2n) is 4.92. The molecule has 1 atom stereocenters. The third-order valence-corrected chi connectivity index (χ3v) is 3.55. The van der Waals surface area contributed by atoms with E-state index in [0.29, 0.717) is 6.61 Å². The molecule has 0 aromatic rings. The van der Waals surface area contributed by atoms with Crippen LogP contribution in [0.4, 0.5) is 0 Å². The summed E-state index contributed by atoms with van der Waals surface area (Å²) in [7, 11) is 1.82. The standard InChI is InChI=1S/C11H20N2O2/c1-13-7-4-9(10(13)14)15-8-11(12)5-2-3-6-11/h9H,2-8,12H2,1H3. The van der Waals surface area contributed by atoms with Crippen LogP contribution in [0.3, 0.4) is 0 Å². The Kier molecular flexibility index (Phi) is 2.98. The molecule has 1 unspecified atom stereocenters. The maximum absolute atomic E-state index is 11.6. The van der Waals surface area contributed by atoms with Gasteiger partial charge in [0.15, 0.2) is 0 Å². The van der Waals surface area contributed by atoms with Crippen LogP contribution < -0.4 is 5.73 Å². The number of nitrogens with zero attached hydrogens (tertiary/aromatic N) is 1. The number of hydrogen-bond donors (Lipinski definition) is 1. The summed E-state index contributed by atoms with van der Waals surface area (Å²) in [4.78, 5) is 13.3. The molecule has 1 aliphatic heterocycles. The molecule has 0 spiro atoms. The Morgan fingerprint density at radius 3 is 2.73 bits per heavy atom. The quantitative estimate of drug-likeness (QED) is 0.741. The summed E-state index contributed by atoms with van der Waals surface area (Å²) >= 11 is 0. The van der Waals surface area contributed by atoms with Gasteiger partial charge in [-0.2, -0.15) is 0 Å². The normalized spacial score (nSPS) is 30.1. The summed E-state index contributed by atoms with van der Waals surface area (Å²) in [6, 6.07) is 0. The number of ether oxygens (including phenoxy) is 1. The lowest BCUT2D eigenvalue weighted by molar-refractivity contribution is -0.137. The van der Waals surface area contributed by atoms with Gasteiger partial charge in [0.1, 0.15) is 6.10 Å². The molecule has 1 aliphatic carbocycles. The fraction of sp³-hybridized carbons (Fsp3) is 0.909. The second kappa shape index (κ2) is 4.10. The van der Waals surface area contributed by atoms with E-state index in [9.17, 15) is 4.79 Å². The minimum Gasteiger partial charge on any atom is -0.366 e. The molecule has 1 saturated carbocycles. The van der Waals surface area contributed by atoms with Gasteiger partial charge in [-0.1, -0.05) is 12.8 Å². The molecule has 2 rings (SSSR count). The number of carbonyl (C=O) groups is 1. The molecule has 0 bridgehead atoms. The predicted octanol–water partition coefficient (Wildman–Crippen LogP) is 0.505. The van der Waals surface area contributed by atoms with Crippen molar-refractivity contribution in [1.29, 1.82) is 0 Å².